The van der Waals surface area contributed by atoms with Crippen molar-refractivity contribution in [1.29, 1.82) is 0 Å². The Hall–Kier alpha value is -1.60. The van der Waals surface area contributed by atoms with E-state index >= 15 is 0 Å². The van der Waals surface area contributed by atoms with Crippen molar-refractivity contribution in [3.63, 3.8) is 0 Å². The maximum Gasteiger partial charge on any atom is 0.187 e. The van der Waals surface area contributed by atoms with Gasteiger partial charge in [-0.05, 0) is 38.2 Å². The van der Waals surface area contributed by atoms with Gasteiger partial charge in [0.1, 0.15) is 11.6 Å². The summed E-state index contributed by atoms with van der Waals surface area (Å²) in [6.45, 7) is 4.00. The zero-order valence-electron chi connectivity index (χ0n) is 11.5. The van der Waals surface area contributed by atoms with Crippen LogP contribution < -0.4 is 10.7 Å². The van der Waals surface area contributed by atoms with Crippen LogP contribution >= 0.6 is 12.2 Å². The second-order valence-electron chi connectivity index (χ2n) is 4.26. The Morgan fingerprint density at radius 1 is 1.45 bits per heavy atom. The maximum absolute atomic E-state index is 13.5. The van der Waals surface area contributed by atoms with Crippen LogP contribution in [0.25, 0.3) is 0 Å². The monoisotopic (exact) mass is 301 g/mol. The smallest absolute Gasteiger partial charge is 0.187 e. The van der Waals surface area contributed by atoms with Crippen LogP contribution in [0, 0.1) is 11.6 Å². The standard InChI is InChI=1S/C13H17F2N3OS/c1-8(7-19-3)16-13(20)18-17-9(2)11-5-4-10(14)6-12(11)15/h4-6,8H,7H2,1-3H3,(H2,16,18,20)/b17-9-/t8-/m0/s1. The third-order valence-electron chi connectivity index (χ3n) is 2.44. The van der Waals surface area contributed by atoms with E-state index in [9.17, 15) is 8.78 Å². The van der Waals surface area contributed by atoms with Gasteiger partial charge in [0.2, 0.25) is 0 Å². The summed E-state index contributed by atoms with van der Waals surface area (Å²) in [5.41, 5.74) is 3.19. The molecule has 0 bridgehead atoms. The van der Waals surface area contributed by atoms with Crippen LogP contribution in [0.2, 0.25) is 0 Å². The van der Waals surface area contributed by atoms with Gasteiger partial charge in [-0.25, -0.2) is 8.78 Å². The second-order valence-corrected chi connectivity index (χ2v) is 4.67. The van der Waals surface area contributed by atoms with Crippen molar-refractivity contribution in [3.8, 4) is 0 Å². The Morgan fingerprint density at radius 3 is 2.75 bits per heavy atom. The fraction of sp³-hybridized carbons (Fsp3) is 0.385. The largest absolute Gasteiger partial charge is 0.383 e. The molecule has 20 heavy (non-hydrogen) atoms. The summed E-state index contributed by atoms with van der Waals surface area (Å²) >= 11 is 5.03. The number of rotatable bonds is 5. The predicted octanol–water partition coefficient (Wildman–Crippen LogP) is 2.19. The first-order valence-electron chi connectivity index (χ1n) is 5.99. The van der Waals surface area contributed by atoms with E-state index in [2.05, 4.69) is 15.8 Å². The molecule has 0 aliphatic heterocycles. The zero-order chi connectivity index (χ0) is 15.1. The van der Waals surface area contributed by atoms with Gasteiger partial charge in [0.25, 0.3) is 0 Å². The molecular formula is C13H17F2N3OS. The van der Waals surface area contributed by atoms with Gasteiger partial charge in [0.15, 0.2) is 5.11 Å². The van der Waals surface area contributed by atoms with Gasteiger partial charge in [0.05, 0.1) is 12.3 Å². The van der Waals surface area contributed by atoms with E-state index in [1.54, 1.807) is 14.0 Å². The summed E-state index contributed by atoms with van der Waals surface area (Å²) < 4.78 is 31.3. The first-order valence-corrected chi connectivity index (χ1v) is 6.40. The summed E-state index contributed by atoms with van der Waals surface area (Å²) in [5.74, 6) is -1.29. The van der Waals surface area contributed by atoms with E-state index in [-0.39, 0.29) is 11.6 Å². The maximum atomic E-state index is 13.5. The molecule has 0 aliphatic rings. The highest BCUT2D eigenvalue weighted by Crippen LogP contribution is 2.10. The predicted molar refractivity (Wildman–Crippen MR) is 78.8 cm³/mol. The fourth-order valence-corrected chi connectivity index (χ4v) is 1.77. The van der Waals surface area contributed by atoms with Crippen LogP contribution in [0.3, 0.4) is 0 Å². The molecule has 110 valence electrons. The summed E-state index contributed by atoms with van der Waals surface area (Å²) in [7, 11) is 1.59. The lowest BCUT2D eigenvalue weighted by atomic mass is 10.1. The number of hydrazone groups is 1. The lowest BCUT2D eigenvalue weighted by molar-refractivity contribution is 0.179. The topological polar surface area (TPSA) is 45.6 Å². The number of methoxy groups -OCH3 is 1. The van der Waals surface area contributed by atoms with Crippen LogP contribution in [-0.2, 0) is 4.74 Å². The Bertz CT molecular complexity index is 508. The molecule has 0 aromatic heterocycles. The molecular weight excluding hydrogens is 284 g/mol. The average Bonchev–Trinajstić information content (AvgIpc) is 2.36. The fourth-order valence-electron chi connectivity index (χ4n) is 1.53. The molecule has 2 N–H and O–H groups in total. The van der Waals surface area contributed by atoms with Gasteiger partial charge in [-0.1, -0.05) is 0 Å². The van der Waals surface area contributed by atoms with E-state index in [1.165, 1.54) is 12.1 Å². The highest BCUT2D eigenvalue weighted by Gasteiger charge is 2.07. The minimum atomic E-state index is -0.667. The Kier molecular flexibility index (Phi) is 6.47. The SMILES string of the molecule is COC[C@H](C)NC(=S)N/N=C(/C)c1ccc(F)cc1F. The van der Waals surface area contributed by atoms with Crippen molar-refractivity contribution in [2.24, 2.45) is 5.10 Å². The van der Waals surface area contributed by atoms with Crippen molar-refractivity contribution in [3.05, 3.63) is 35.4 Å². The molecule has 0 amide bonds. The minimum Gasteiger partial charge on any atom is -0.383 e. The molecule has 0 aliphatic carbocycles. The zero-order valence-corrected chi connectivity index (χ0v) is 12.4. The van der Waals surface area contributed by atoms with Gasteiger partial charge in [-0.15, -0.1) is 0 Å². The quantitative estimate of drug-likeness (QED) is 0.497. The molecule has 7 heteroatoms. The number of thiocarbonyl (C=S) groups is 1. The summed E-state index contributed by atoms with van der Waals surface area (Å²) in [6.07, 6.45) is 0. The summed E-state index contributed by atoms with van der Waals surface area (Å²) in [6, 6.07) is 3.34. The number of nitrogens with zero attached hydrogens (tertiary/aromatic N) is 1. The normalized spacial score (nSPS) is 12.9. The number of halogens is 2. The highest BCUT2D eigenvalue weighted by atomic mass is 32.1. The van der Waals surface area contributed by atoms with E-state index in [1.807, 2.05) is 6.92 Å². The van der Waals surface area contributed by atoms with Crippen molar-refractivity contribution >= 4 is 23.0 Å². The van der Waals surface area contributed by atoms with Gasteiger partial charge < -0.3 is 10.1 Å². The number of hydrogen-bond donors (Lipinski definition) is 2. The summed E-state index contributed by atoms with van der Waals surface area (Å²) in [4.78, 5) is 0. The molecule has 1 atom stereocenters. The van der Waals surface area contributed by atoms with E-state index in [0.29, 0.717) is 17.4 Å². The molecule has 0 unspecified atom stereocenters. The molecule has 1 aromatic carbocycles. The molecule has 0 saturated heterocycles. The average molecular weight is 301 g/mol. The number of ether oxygens (including phenoxy) is 1. The van der Waals surface area contributed by atoms with Crippen LogP contribution in [-0.4, -0.2) is 30.6 Å². The summed E-state index contributed by atoms with van der Waals surface area (Å²) in [5, 5.41) is 7.21. The third kappa shape index (κ3) is 5.18. The van der Waals surface area contributed by atoms with Gasteiger partial charge >= 0.3 is 0 Å². The van der Waals surface area contributed by atoms with Crippen molar-refractivity contribution < 1.29 is 13.5 Å². The number of hydrogen-bond acceptors (Lipinski definition) is 3. The molecule has 0 fully saturated rings. The molecule has 0 spiro atoms. The lowest BCUT2D eigenvalue weighted by Gasteiger charge is -2.14. The molecule has 0 radical (unpaired) electrons. The van der Waals surface area contributed by atoms with Crippen LogP contribution in [0.4, 0.5) is 8.78 Å². The van der Waals surface area contributed by atoms with Crippen molar-refractivity contribution in [2.45, 2.75) is 19.9 Å². The van der Waals surface area contributed by atoms with Gasteiger partial charge in [-0.3, -0.25) is 5.43 Å². The van der Waals surface area contributed by atoms with E-state index < -0.39 is 11.6 Å². The van der Waals surface area contributed by atoms with Crippen molar-refractivity contribution in [2.75, 3.05) is 13.7 Å². The van der Waals surface area contributed by atoms with E-state index in [4.69, 9.17) is 17.0 Å². The van der Waals surface area contributed by atoms with Crippen LogP contribution in [0.15, 0.2) is 23.3 Å². The Morgan fingerprint density at radius 2 is 2.15 bits per heavy atom. The van der Waals surface area contributed by atoms with Crippen LogP contribution in [0.5, 0.6) is 0 Å². The molecule has 1 rings (SSSR count). The van der Waals surface area contributed by atoms with E-state index in [0.717, 1.165) is 6.07 Å². The molecule has 0 heterocycles. The van der Waals surface area contributed by atoms with Crippen LogP contribution in [0.1, 0.15) is 19.4 Å². The molecule has 4 nitrogen and oxygen atoms in total. The number of benzene rings is 1. The van der Waals surface area contributed by atoms with Gasteiger partial charge in [-0.2, -0.15) is 5.10 Å². The number of nitrogens with one attached hydrogen (secondary N) is 2. The Balaban J connectivity index is 2.63. The lowest BCUT2D eigenvalue weighted by Crippen LogP contribution is -2.40. The van der Waals surface area contributed by atoms with Gasteiger partial charge in [0, 0.05) is 24.8 Å². The Labute approximate surface area is 122 Å². The van der Waals surface area contributed by atoms with Crippen molar-refractivity contribution in [1.82, 2.24) is 10.7 Å². The first kappa shape index (κ1) is 16.5. The molecule has 0 saturated carbocycles. The minimum absolute atomic E-state index is 0.0260. The third-order valence-corrected chi connectivity index (χ3v) is 2.65. The second kappa shape index (κ2) is 7.86. The first-order chi connectivity index (χ1) is 9.43. The molecule has 1 aromatic rings. The highest BCUT2D eigenvalue weighted by molar-refractivity contribution is 7.80.